The molecule has 0 saturated carbocycles. The molecule has 0 radical (unpaired) electrons. The van der Waals surface area contributed by atoms with Gasteiger partial charge in [-0.25, -0.2) is 0 Å². The van der Waals surface area contributed by atoms with Crippen molar-refractivity contribution in [3.8, 4) is 11.1 Å². The molecule has 3 aromatic carbocycles. The van der Waals surface area contributed by atoms with Crippen LogP contribution >= 0.6 is 0 Å². The van der Waals surface area contributed by atoms with Gasteiger partial charge in [-0.3, -0.25) is 4.99 Å². The van der Waals surface area contributed by atoms with Crippen molar-refractivity contribution in [3.05, 3.63) is 83.6 Å². The van der Waals surface area contributed by atoms with E-state index in [1.165, 1.54) is 16.7 Å². The number of benzene rings is 3. The van der Waals surface area contributed by atoms with Crippen LogP contribution in [0.25, 0.3) is 22.0 Å². The van der Waals surface area contributed by atoms with Crippen LogP contribution in [0.3, 0.4) is 0 Å². The Hall–Kier alpha value is -3.73. The number of fused-ring (bicyclic) bond motifs is 7. The summed E-state index contributed by atoms with van der Waals surface area (Å²) in [6.07, 6.45) is 2.02. The molecule has 0 spiro atoms. The van der Waals surface area contributed by atoms with Gasteiger partial charge in [0, 0.05) is 34.0 Å². The van der Waals surface area contributed by atoms with Crippen LogP contribution < -0.4 is 16.8 Å². The average Bonchev–Trinajstić information content (AvgIpc) is 3.40. The normalized spacial score (nSPS) is 18.4. The highest BCUT2D eigenvalue weighted by Crippen LogP contribution is 2.49. The highest BCUT2D eigenvalue weighted by Gasteiger charge is 2.39. The van der Waals surface area contributed by atoms with E-state index < -0.39 is 0 Å². The summed E-state index contributed by atoms with van der Waals surface area (Å²) in [4.78, 5) is 8.44. The van der Waals surface area contributed by atoms with Crippen LogP contribution in [0.4, 0.5) is 11.4 Å². The SMILES string of the molecule is CC.Nc1ccc2c(c1)C1N=C(c3c[nH]c4ccccc34)NC1c1cc(N)ccc1-2. The molecule has 2 heterocycles. The molecule has 0 fully saturated rings. The number of hydrogen-bond acceptors (Lipinski definition) is 4. The first kappa shape index (κ1) is 18.3. The van der Waals surface area contributed by atoms with Gasteiger partial charge in [0.2, 0.25) is 0 Å². The number of amidine groups is 1. The van der Waals surface area contributed by atoms with Crippen molar-refractivity contribution in [1.82, 2.24) is 10.3 Å². The third kappa shape index (κ3) is 2.66. The maximum atomic E-state index is 6.12. The molecule has 0 amide bonds. The third-order valence-corrected chi connectivity index (χ3v) is 5.82. The molecule has 2 atom stereocenters. The van der Waals surface area contributed by atoms with Gasteiger partial charge in [-0.2, -0.15) is 0 Å². The first-order chi connectivity index (χ1) is 14.7. The van der Waals surface area contributed by atoms with Crippen LogP contribution in [0.15, 0.2) is 71.9 Å². The minimum atomic E-state index is -0.0311. The van der Waals surface area contributed by atoms with Crippen molar-refractivity contribution >= 4 is 28.1 Å². The van der Waals surface area contributed by atoms with Gasteiger partial charge in [0.15, 0.2) is 0 Å². The quantitative estimate of drug-likeness (QED) is 0.335. The maximum Gasteiger partial charge on any atom is 0.131 e. The molecule has 1 aliphatic carbocycles. The van der Waals surface area contributed by atoms with E-state index in [0.717, 1.165) is 39.2 Å². The first-order valence-electron chi connectivity index (χ1n) is 10.4. The number of hydrogen-bond donors (Lipinski definition) is 4. The summed E-state index contributed by atoms with van der Waals surface area (Å²) in [5.74, 6) is 0.899. The first-order valence-corrected chi connectivity index (χ1v) is 10.4. The summed E-state index contributed by atoms with van der Waals surface area (Å²) >= 11 is 0. The molecule has 2 aliphatic rings. The number of H-pyrrole nitrogens is 1. The lowest BCUT2D eigenvalue weighted by atomic mass is 9.79. The van der Waals surface area contributed by atoms with E-state index in [2.05, 4.69) is 46.7 Å². The average molecular weight is 396 g/mol. The van der Waals surface area contributed by atoms with Gasteiger partial charge in [0.25, 0.3) is 0 Å². The zero-order valence-corrected chi connectivity index (χ0v) is 17.1. The topological polar surface area (TPSA) is 92.2 Å². The van der Waals surface area contributed by atoms with E-state index in [0.29, 0.717) is 0 Å². The van der Waals surface area contributed by atoms with Crippen molar-refractivity contribution in [2.24, 2.45) is 4.99 Å². The number of rotatable bonds is 1. The molecule has 1 aromatic heterocycles. The molecule has 0 saturated heterocycles. The Balaban J connectivity index is 0.000000937. The largest absolute Gasteiger partial charge is 0.399 e. The standard InChI is InChI=1S/C23H19N5.C2H6/c24-12-5-7-14-15-8-6-13(25)10-18(15)22-21(17(14)9-12)27-23(28-22)19-11-26-20-4-2-1-3-16(19)20;1-2/h1-11,21-22,26H,24-25H2,(H,27,28);1-2H3. The molecule has 5 nitrogen and oxygen atoms in total. The molecule has 30 heavy (non-hydrogen) atoms. The number of aromatic nitrogens is 1. The number of nitrogens with two attached hydrogens (primary N) is 2. The lowest BCUT2D eigenvalue weighted by molar-refractivity contribution is 0.566. The number of anilines is 2. The molecule has 4 aromatic rings. The lowest BCUT2D eigenvalue weighted by Crippen LogP contribution is -2.27. The summed E-state index contributed by atoms with van der Waals surface area (Å²) < 4.78 is 0. The highest BCUT2D eigenvalue weighted by molar-refractivity contribution is 6.10. The maximum absolute atomic E-state index is 6.12. The summed E-state index contributed by atoms with van der Waals surface area (Å²) in [7, 11) is 0. The number of para-hydroxylation sites is 1. The fraction of sp³-hybridized carbons (Fsp3) is 0.160. The van der Waals surface area contributed by atoms with Crippen LogP contribution in [0.2, 0.25) is 0 Å². The smallest absolute Gasteiger partial charge is 0.131 e. The number of nitrogens with zero attached hydrogens (tertiary/aromatic N) is 1. The van der Waals surface area contributed by atoms with Crippen LogP contribution in [-0.2, 0) is 0 Å². The van der Waals surface area contributed by atoms with Crippen LogP contribution in [0.5, 0.6) is 0 Å². The van der Waals surface area contributed by atoms with Crippen molar-refractivity contribution in [2.45, 2.75) is 25.9 Å². The predicted octanol–water partition coefficient (Wildman–Crippen LogP) is 5.17. The molecular weight excluding hydrogens is 370 g/mol. The Labute approximate surface area is 175 Å². The summed E-state index contributed by atoms with van der Waals surface area (Å²) in [5.41, 5.74) is 20.7. The van der Waals surface area contributed by atoms with E-state index in [1.54, 1.807) is 0 Å². The van der Waals surface area contributed by atoms with E-state index in [1.807, 2.05) is 44.3 Å². The molecule has 6 N–H and O–H groups in total. The second-order valence-electron chi connectivity index (χ2n) is 7.49. The van der Waals surface area contributed by atoms with Gasteiger partial charge >= 0.3 is 0 Å². The summed E-state index contributed by atoms with van der Waals surface area (Å²) in [5, 5.41) is 4.83. The second kappa shape index (κ2) is 6.95. The fourth-order valence-electron chi connectivity index (χ4n) is 4.54. The Morgan fingerprint density at radius 3 is 2.23 bits per heavy atom. The minimum absolute atomic E-state index is 0.0311. The van der Waals surface area contributed by atoms with E-state index in [4.69, 9.17) is 16.5 Å². The second-order valence-corrected chi connectivity index (χ2v) is 7.49. The Bertz CT molecular complexity index is 1280. The summed E-state index contributed by atoms with van der Waals surface area (Å²) in [6, 6.07) is 20.5. The molecule has 1 aliphatic heterocycles. The minimum Gasteiger partial charge on any atom is -0.399 e. The third-order valence-electron chi connectivity index (χ3n) is 5.82. The Morgan fingerprint density at radius 2 is 1.47 bits per heavy atom. The molecule has 5 heteroatoms. The molecule has 2 unspecified atom stereocenters. The van der Waals surface area contributed by atoms with Gasteiger partial charge < -0.3 is 21.8 Å². The predicted molar refractivity (Wildman–Crippen MR) is 126 cm³/mol. The van der Waals surface area contributed by atoms with Crippen molar-refractivity contribution in [3.63, 3.8) is 0 Å². The van der Waals surface area contributed by atoms with Gasteiger partial charge in [-0.1, -0.05) is 44.2 Å². The molecule has 0 bridgehead atoms. The Kier molecular flexibility index (Phi) is 4.24. The van der Waals surface area contributed by atoms with E-state index in [-0.39, 0.29) is 12.1 Å². The van der Waals surface area contributed by atoms with Crippen molar-refractivity contribution < 1.29 is 0 Å². The lowest BCUT2D eigenvalue weighted by Gasteiger charge is -2.30. The van der Waals surface area contributed by atoms with Gasteiger partial charge in [-0.05, 0) is 52.6 Å². The van der Waals surface area contributed by atoms with Crippen LogP contribution in [0, 0.1) is 0 Å². The summed E-state index contributed by atoms with van der Waals surface area (Å²) in [6.45, 7) is 4.00. The monoisotopic (exact) mass is 395 g/mol. The number of aromatic amines is 1. The van der Waals surface area contributed by atoms with Gasteiger partial charge in [0.05, 0.1) is 6.04 Å². The van der Waals surface area contributed by atoms with E-state index in [9.17, 15) is 0 Å². The zero-order chi connectivity index (χ0) is 20.8. The molecule has 6 rings (SSSR count). The van der Waals surface area contributed by atoms with Crippen LogP contribution in [0.1, 0.15) is 42.6 Å². The van der Waals surface area contributed by atoms with Gasteiger partial charge in [-0.15, -0.1) is 0 Å². The molecule has 150 valence electrons. The van der Waals surface area contributed by atoms with E-state index >= 15 is 0 Å². The number of aliphatic imine (C=N–C) groups is 1. The van der Waals surface area contributed by atoms with Crippen molar-refractivity contribution in [1.29, 1.82) is 0 Å². The Morgan fingerprint density at radius 1 is 0.800 bits per heavy atom. The number of nitrogen functional groups attached to an aromatic ring is 2. The number of nitrogens with one attached hydrogen (secondary N) is 2. The zero-order valence-electron chi connectivity index (χ0n) is 17.1. The van der Waals surface area contributed by atoms with Crippen molar-refractivity contribution in [2.75, 3.05) is 11.5 Å². The molecular formula is C25H25N5. The van der Waals surface area contributed by atoms with Crippen LogP contribution in [-0.4, -0.2) is 10.8 Å². The highest BCUT2D eigenvalue weighted by atomic mass is 15.1. The van der Waals surface area contributed by atoms with Gasteiger partial charge in [0.1, 0.15) is 11.9 Å². The fourth-order valence-corrected chi connectivity index (χ4v) is 4.54.